The van der Waals surface area contributed by atoms with Crippen molar-refractivity contribution < 1.29 is 13.2 Å². The van der Waals surface area contributed by atoms with E-state index in [0.717, 1.165) is 0 Å². The first kappa shape index (κ1) is 14.6. The van der Waals surface area contributed by atoms with Crippen LogP contribution in [0.25, 0.3) is 0 Å². The Bertz CT molecular complexity index is 494. The highest BCUT2D eigenvalue weighted by Crippen LogP contribution is 2.09. The second kappa shape index (κ2) is 7.08. The molecule has 18 heavy (non-hydrogen) atoms. The molecule has 5 heteroatoms. The van der Waals surface area contributed by atoms with E-state index in [2.05, 4.69) is 4.72 Å². The maximum atomic E-state index is 11.9. The van der Waals surface area contributed by atoms with Crippen molar-refractivity contribution >= 4 is 16.3 Å². The Morgan fingerprint density at radius 3 is 2.50 bits per heavy atom. The summed E-state index contributed by atoms with van der Waals surface area (Å²) < 4.78 is 26.3. The summed E-state index contributed by atoms with van der Waals surface area (Å²) in [5, 5.41) is 0. The zero-order valence-corrected chi connectivity index (χ0v) is 11.1. The molecule has 1 rings (SSSR count). The smallest absolute Gasteiger partial charge is 0.241 e. The third-order valence-electron chi connectivity index (χ3n) is 2.40. The predicted molar refractivity (Wildman–Crippen MR) is 70.7 cm³/mol. The summed E-state index contributed by atoms with van der Waals surface area (Å²) in [6.07, 6.45) is 5.52. The van der Waals surface area contributed by atoms with E-state index < -0.39 is 16.1 Å². The van der Waals surface area contributed by atoms with Crippen LogP contribution in [0.2, 0.25) is 0 Å². The molecule has 1 N–H and O–H groups in total. The molecule has 0 fully saturated rings. The van der Waals surface area contributed by atoms with E-state index in [-0.39, 0.29) is 4.90 Å². The SMILES string of the molecule is CC=CCCC(C=O)NS(=O)(=O)c1ccccc1. The average Bonchev–Trinajstić information content (AvgIpc) is 2.38. The molecule has 0 saturated carbocycles. The normalized spacial score (nSPS) is 13.6. The molecule has 0 heterocycles. The van der Waals surface area contributed by atoms with Gasteiger partial charge in [-0.2, -0.15) is 0 Å². The fourth-order valence-electron chi connectivity index (χ4n) is 1.46. The van der Waals surface area contributed by atoms with E-state index in [1.165, 1.54) is 12.1 Å². The van der Waals surface area contributed by atoms with Crippen LogP contribution in [0.3, 0.4) is 0 Å². The van der Waals surface area contributed by atoms with Crippen LogP contribution in [0.4, 0.5) is 0 Å². The fourth-order valence-corrected chi connectivity index (χ4v) is 2.69. The van der Waals surface area contributed by atoms with Crippen LogP contribution in [-0.4, -0.2) is 20.7 Å². The summed E-state index contributed by atoms with van der Waals surface area (Å²) >= 11 is 0. The van der Waals surface area contributed by atoms with Crippen molar-refractivity contribution in [3.63, 3.8) is 0 Å². The van der Waals surface area contributed by atoms with Gasteiger partial charge in [0.05, 0.1) is 10.9 Å². The Morgan fingerprint density at radius 2 is 1.94 bits per heavy atom. The molecule has 0 spiro atoms. The molecule has 1 atom stereocenters. The zero-order chi connectivity index (χ0) is 13.4. The number of carbonyl (C=O) groups is 1. The molecule has 0 bridgehead atoms. The number of hydrogen-bond donors (Lipinski definition) is 1. The summed E-state index contributed by atoms with van der Waals surface area (Å²) in [6, 6.07) is 7.33. The van der Waals surface area contributed by atoms with E-state index in [0.29, 0.717) is 19.1 Å². The van der Waals surface area contributed by atoms with Crippen molar-refractivity contribution in [2.75, 3.05) is 0 Å². The molecular formula is C13H17NO3S. The number of allylic oxidation sites excluding steroid dienone is 2. The van der Waals surface area contributed by atoms with E-state index in [4.69, 9.17) is 0 Å². The van der Waals surface area contributed by atoms with Crippen molar-refractivity contribution in [1.29, 1.82) is 0 Å². The molecular weight excluding hydrogens is 250 g/mol. The monoisotopic (exact) mass is 267 g/mol. The van der Waals surface area contributed by atoms with Gasteiger partial charge in [0.1, 0.15) is 6.29 Å². The Hall–Kier alpha value is -1.46. The predicted octanol–water partition coefficient (Wildman–Crippen LogP) is 1.89. The van der Waals surface area contributed by atoms with Gasteiger partial charge in [-0.1, -0.05) is 30.4 Å². The van der Waals surface area contributed by atoms with Crippen LogP contribution in [-0.2, 0) is 14.8 Å². The van der Waals surface area contributed by atoms with Gasteiger partial charge in [0.25, 0.3) is 0 Å². The van der Waals surface area contributed by atoms with Crippen LogP contribution in [0.1, 0.15) is 19.8 Å². The highest BCUT2D eigenvalue weighted by molar-refractivity contribution is 7.89. The molecule has 0 aliphatic heterocycles. The first-order valence-corrected chi connectivity index (χ1v) is 7.22. The molecule has 0 saturated heterocycles. The van der Waals surface area contributed by atoms with E-state index in [1.807, 2.05) is 19.1 Å². The van der Waals surface area contributed by atoms with Crippen LogP contribution >= 0.6 is 0 Å². The van der Waals surface area contributed by atoms with Crippen molar-refractivity contribution in [2.45, 2.75) is 30.7 Å². The highest BCUT2D eigenvalue weighted by atomic mass is 32.2. The minimum atomic E-state index is -3.61. The third-order valence-corrected chi connectivity index (χ3v) is 3.91. The standard InChI is InChI=1S/C13H17NO3S/c1-2-3-5-8-12(11-15)14-18(16,17)13-9-6-4-7-10-13/h2-4,6-7,9-12,14H,5,8H2,1H3. The average molecular weight is 267 g/mol. The first-order valence-electron chi connectivity index (χ1n) is 5.74. The lowest BCUT2D eigenvalue weighted by molar-refractivity contribution is -0.109. The van der Waals surface area contributed by atoms with Crippen LogP contribution in [0, 0.1) is 0 Å². The van der Waals surface area contributed by atoms with Crippen LogP contribution in [0.15, 0.2) is 47.4 Å². The molecule has 4 nitrogen and oxygen atoms in total. The number of carbonyl (C=O) groups excluding carboxylic acids is 1. The molecule has 0 radical (unpaired) electrons. The van der Waals surface area contributed by atoms with Gasteiger partial charge in [0.15, 0.2) is 0 Å². The molecule has 1 aromatic rings. The number of nitrogens with one attached hydrogen (secondary N) is 1. The fraction of sp³-hybridized carbons (Fsp3) is 0.308. The number of aldehydes is 1. The van der Waals surface area contributed by atoms with Gasteiger partial charge in [0.2, 0.25) is 10.0 Å². The van der Waals surface area contributed by atoms with Crippen molar-refractivity contribution in [2.24, 2.45) is 0 Å². The molecule has 98 valence electrons. The minimum Gasteiger partial charge on any atom is -0.302 e. The summed E-state index contributed by atoms with van der Waals surface area (Å²) in [6.45, 7) is 1.88. The van der Waals surface area contributed by atoms with Gasteiger partial charge < -0.3 is 4.79 Å². The first-order chi connectivity index (χ1) is 8.60. The number of sulfonamides is 1. The Balaban J connectivity index is 2.72. The number of benzene rings is 1. The maximum absolute atomic E-state index is 11.9. The Morgan fingerprint density at radius 1 is 1.28 bits per heavy atom. The van der Waals surface area contributed by atoms with Gasteiger partial charge in [-0.05, 0) is 31.9 Å². The highest BCUT2D eigenvalue weighted by Gasteiger charge is 2.18. The summed E-state index contributed by atoms with van der Waals surface area (Å²) in [4.78, 5) is 11.0. The minimum absolute atomic E-state index is 0.169. The lowest BCUT2D eigenvalue weighted by Crippen LogP contribution is -2.35. The van der Waals surface area contributed by atoms with Gasteiger partial charge in [-0.3, -0.25) is 0 Å². The van der Waals surface area contributed by atoms with Crippen LogP contribution in [0.5, 0.6) is 0 Å². The molecule has 0 aliphatic carbocycles. The van der Waals surface area contributed by atoms with Gasteiger partial charge in [-0.25, -0.2) is 13.1 Å². The molecule has 0 aromatic heterocycles. The Labute approximate surface area is 108 Å². The number of rotatable bonds is 7. The third kappa shape index (κ3) is 4.43. The number of hydrogen-bond acceptors (Lipinski definition) is 3. The topological polar surface area (TPSA) is 63.2 Å². The lowest BCUT2D eigenvalue weighted by atomic mass is 10.2. The van der Waals surface area contributed by atoms with Crippen molar-refractivity contribution in [3.8, 4) is 0 Å². The Kier molecular flexibility index (Phi) is 5.74. The summed E-state index contributed by atoms with van der Waals surface area (Å²) in [7, 11) is -3.61. The van der Waals surface area contributed by atoms with Gasteiger partial charge in [0, 0.05) is 0 Å². The van der Waals surface area contributed by atoms with Crippen molar-refractivity contribution in [3.05, 3.63) is 42.5 Å². The van der Waals surface area contributed by atoms with E-state index >= 15 is 0 Å². The summed E-state index contributed by atoms with van der Waals surface area (Å²) in [5.74, 6) is 0. The van der Waals surface area contributed by atoms with E-state index in [1.54, 1.807) is 18.2 Å². The van der Waals surface area contributed by atoms with Gasteiger partial charge >= 0.3 is 0 Å². The van der Waals surface area contributed by atoms with Gasteiger partial charge in [-0.15, -0.1) is 0 Å². The quantitative estimate of drug-likeness (QED) is 0.606. The lowest BCUT2D eigenvalue weighted by Gasteiger charge is -2.12. The molecule has 0 amide bonds. The maximum Gasteiger partial charge on any atom is 0.241 e. The molecule has 0 aliphatic rings. The second-order valence-electron chi connectivity index (χ2n) is 3.82. The molecule has 1 unspecified atom stereocenters. The summed E-state index contributed by atoms with van der Waals surface area (Å²) in [5.41, 5.74) is 0. The van der Waals surface area contributed by atoms with Crippen molar-refractivity contribution in [1.82, 2.24) is 4.72 Å². The molecule has 1 aromatic carbocycles. The second-order valence-corrected chi connectivity index (χ2v) is 5.54. The van der Waals surface area contributed by atoms with Crippen LogP contribution < -0.4 is 4.72 Å². The largest absolute Gasteiger partial charge is 0.302 e. The van der Waals surface area contributed by atoms with E-state index in [9.17, 15) is 13.2 Å². The zero-order valence-electron chi connectivity index (χ0n) is 10.2.